The van der Waals surface area contributed by atoms with Crippen molar-refractivity contribution in [2.75, 3.05) is 0 Å². The Bertz CT molecular complexity index is 567. The highest BCUT2D eigenvalue weighted by Gasteiger charge is 2.12. The van der Waals surface area contributed by atoms with Crippen LogP contribution in [0.4, 0.5) is 0 Å². The van der Waals surface area contributed by atoms with Gasteiger partial charge in [-0.05, 0) is 45.4 Å². The fourth-order valence-electron chi connectivity index (χ4n) is 1.87. The highest BCUT2D eigenvalue weighted by Crippen LogP contribution is 2.21. The number of nitrogens with one attached hydrogen (secondary N) is 1. The van der Waals surface area contributed by atoms with Crippen molar-refractivity contribution in [3.05, 3.63) is 47.0 Å². The molecule has 1 heterocycles. The Labute approximate surface area is 119 Å². The molecule has 0 radical (unpaired) electrons. The van der Waals surface area contributed by atoms with E-state index in [9.17, 15) is 0 Å². The van der Waals surface area contributed by atoms with E-state index in [0.717, 1.165) is 22.9 Å². The average Bonchev–Trinajstić information content (AvgIpc) is 2.77. The summed E-state index contributed by atoms with van der Waals surface area (Å²) in [5.74, 6) is 0. The number of aromatic nitrogens is 2. The van der Waals surface area contributed by atoms with Gasteiger partial charge in [0, 0.05) is 23.3 Å². The summed E-state index contributed by atoms with van der Waals surface area (Å²) in [6, 6.07) is 5.90. The van der Waals surface area contributed by atoms with Gasteiger partial charge in [0.25, 0.3) is 0 Å². The molecule has 102 valence electrons. The van der Waals surface area contributed by atoms with E-state index in [0.29, 0.717) is 0 Å². The molecule has 0 saturated heterocycles. The molecule has 0 amide bonds. The van der Waals surface area contributed by atoms with Crippen LogP contribution in [0.2, 0.25) is 5.02 Å². The van der Waals surface area contributed by atoms with E-state index in [2.05, 4.69) is 42.6 Å². The molecule has 1 aromatic carbocycles. The summed E-state index contributed by atoms with van der Waals surface area (Å²) in [5, 5.41) is 4.21. The quantitative estimate of drug-likeness (QED) is 0.927. The lowest BCUT2D eigenvalue weighted by Crippen LogP contribution is -2.35. The first-order chi connectivity index (χ1) is 8.87. The minimum Gasteiger partial charge on any atom is -0.306 e. The molecule has 0 aliphatic heterocycles. The normalized spacial score (nSPS) is 11.8. The smallest absolute Gasteiger partial charge is 0.0994 e. The second kappa shape index (κ2) is 5.35. The maximum Gasteiger partial charge on any atom is 0.0994 e. The van der Waals surface area contributed by atoms with E-state index in [1.807, 2.05) is 30.7 Å². The minimum absolute atomic E-state index is 0.0818. The topological polar surface area (TPSA) is 29.9 Å². The van der Waals surface area contributed by atoms with E-state index in [4.69, 9.17) is 11.6 Å². The molecule has 2 rings (SSSR count). The summed E-state index contributed by atoms with van der Waals surface area (Å²) in [6.07, 6.45) is 3.72. The minimum atomic E-state index is 0.0818. The van der Waals surface area contributed by atoms with Crippen molar-refractivity contribution in [3.63, 3.8) is 0 Å². The Kier molecular flexibility index (Phi) is 3.97. The molecule has 19 heavy (non-hydrogen) atoms. The molecule has 2 aromatic rings. The second-order valence-electron chi connectivity index (χ2n) is 5.79. The van der Waals surface area contributed by atoms with Crippen LogP contribution in [-0.2, 0) is 6.54 Å². The van der Waals surface area contributed by atoms with Crippen LogP contribution in [0, 0.1) is 6.92 Å². The number of nitrogens with zero attached hydrogens (tertiary/aromatic N) is 2. The molecule has 0 aliphatic rings. The first kappa shape index (κ1) is 14.1. The fourth-order valence-corrected chi connectivity index (χ4v) is 2.03. The van der Waals surface area contributed by atoms with Crippen molar-refractivity contribution < 1.29 is 0 Å². The molecule has 0 aliphatic carbocycles. The van der Waals surface area contributed by atoms with Gasteiger partial charge in [-0.3, -0.25) is 0 Å². The third kappa shape index (κ3) is 3.58. The summed E-state index contributed by atoms with van der Waals surface area (Å²) in [4.78, 5) is 4.25. The van der Waals surface area contributed by atoms with Gasteiger partial charge >= 0.3 is 0 Å². The molecule has 0 unspecified atom stereocenters. The van der Waals surface area contributed by atoms with Crippen molar-refractivity contribution in [2.24, 2.45) is 0 Å². The van der Waals surface area contributed by atoms with Crippen LogP contribution in [0.1, 0.15) is 32.0 Å². The zero-order valence-electron chi connectivity index (χ0n) is 11.9. The molecule has 0 fully saturated rings. The highest BCUT2D eigenvalue weighted by atomic mass is 35.5. The van der Waals surface area contributed by atoms with Crippen LogP contribution >= 0.6 is 11.6 Å². The van der Waals surface area contributed by atoms with Crippen LogP contribution < -0.4 is 5.32 Å². The van der Waals surface area contributed by atoms with E-state index in [1.54, 1.807) is 0 Å². The maximum absolute atomic E-state index is 6.09. The third-order valence-electron chi connectivity index (χ3n) is 2.95. The van der Waals surface area contributed by atoms with E-state index in [-0.39, 0.29) is 5.54 Å². The average molecular weight is 278 g/mol. The van der Waals surface area contributed by atoms with E-state index in [1.165, 1.54) is 5.56 Å². The Morgan fingerprint density at radius 2 is 2.05 bits per heavy atom. The standard InChI is InChI=1S/C15H20ClN3/c1-11-5-6-12(16)7-14(11)19-10-17-8-13(19)9-18-15(2,3)4/h5-8,10,18H,9H2,1-4H3. The number of hydrogen-bond acceptors (Lipinski definition) is 2. The molecule has 0 bridgehead atoms. The summed E-state index contributed by atoms with van der Waals surface area (Å²) in [6.45, 7) is 9.30. The lowest BCUT2D eigenvalue weighted by atomic mass is 10.1. The SMILES string of the molecule is Cc1ccc(Cl)cc1-n1cncc1CNC(C)(C)C. The zero-order valence-corrected chi connectivity index (χ0v) is 12.6. The molecule has 1 N–H and O–H groups in total. The number of aryl methyl sites for hydroxylation is 1. The lowest BCUT2D eigenvalue weighted by Gasteiger charge is -2.21. The van der Waals surface area contributed by atoms with Gasteiger partial charge in [0.15, 0.2) is 0 Å². The van der Waals surface area contributed by atoms with Crippen LogP contribution in [-0.4, -0.2) is 15.1 Å². The monoisotopic (exact) mass is 277 g/mol. The fraction of sp³-hybridized carbons (Fsp3) is 0.400. The molecular weight excluding hydrogens is 258 g/mol. The molecule has 0 spiro atoms. The van der Waals surface area contributed by atoms with Gasteiger partial charge in [0.1, 0.15) is 0 Å². The van der Waals surface area contributed by atoms with Crippen LogP contribution in [0.3, 0.4) is 0 Å². The lowest BCUT2D eigenvalue weighted by molar-refractivity contribution is 0.419. The molecule has 3 nitrogen and oxygen atoms in total. The first-order valence-electron chi connectivity index (χ1n) is 6.39. The van der Waals surface area contributed by atoms with Crippen molar-refractivity contribution in [3.8, 4) is 5.69 Å². The van der Waals surface area contributed by atoms with Gasteiger partial charge in [0.2, 0.25) is 0 Å². The number of rotatable bonds is 3. The predicted octanol–water partition coefficient (Wildman–Crippen LogP) is 3.72. The Balaban J connectivity index is 2.31. The van der Waals surface area contributed by atoms with Gasteiger partial charge in [-0.1, -0.05) is 17.7 Å². The Morgan fingerprint density at radius 3 is 2.74 bits per heavy atom. The summed E-state index contributed by atoms with van der Waals surface area (Å²) < 4.78 is 2.08. The van der Waals surface area contributed by atoms with E-state index >= 15 is 0 Å². The number of benzene rings is 1. The summed E-state index contributed by atoms with van der Waals surface area (Å²) in [7, 11) is 0. The predicted molar refractivity (Wildman–Crippen MR) is 79.9 cm³/mol. The van der Waals surface area contributed by atoms with Crippen molar-refractivity contribution >= 4 is 11.6 Å². The highest BCUT2D eigenvalue weighted by molar-refractivity contribution is 6.30. The third-order valence-corrected chi connectivity index (χ3v) is 3.18. The van der Waals surface area contributed by atoms with Gasteiger partial charge in [0.05, 0.1) is 17.7 Å². The van der Waals surface area contributed by atoms with Crippen molar-refractivity contribution in [1.29, 1.82) is 0 Å². The Morgan fingerprint density at radius 1 is 1.32 bits per heavy atom. The molecule has 4 heteroatoms. The summed E-state index contributed by atoms with van der Waals surface area (Å²) in [5.41, 5.74) is 3.47. The second-order valence-corrected chi connectivity index (χ2v) is 6.23. The van der Waals surface area contributed by atoms with Gasteiger partial charge in [-0.2, -0.15) is 0 Å². The molecule has 1 aromatic heterocycles. The van der Waals surface area contributed by atoms with Crippen LogP contribution in [0.5, 0.6) is 0 Å². The maximum atomic E-state index is 6.09. The van der Waals surface area contributed by atoms with Gasteiger partial charge in [-0.25, -0.2) is 4.98 Å². The molecule has 0 saturated carbocycles. The first-order valence-corrected chi connectivity index (χ1v) is 6.77. The van der Waals surface area contributed by atoms with Gasteiger partial charge in [-0.15, -0.1) is 0 Å². The van der Waals surface area contributed by atoms with Crippen LogP contribution in [0.25, 0.3) is 5.69 Å². The summed E-state index contributed by atoms with van der Waals surface area (Å²) >= 11 is 6.09. The largest absolute Gasteiger partial charge is 0.306 e. The van der Waals surface area contributed by atoms with E-state index < -0.39 is 0 Å². The Hall–Kier alpha value is -1.32. The van der Waals surface area contributed by atoms with Crippen molar-refractivity contribution in [1.82, 2.24) is 14.9 Å². The van der Waals surface area contributed by atoms with Gasteiger partial charge < -0.3 is 9.88 Å². The van der Waals surface area contributed by atoms with Crippen molar-refractivity contribution in [2.45, 2.75) is 39.8 Å². The molecule has 0 atom stereocenters. The number of hydrogen-bond donors (Lipinski definition) is 1. The zero-order chi connectivity index (χ0) is 14.0. The molecular formula is C15H20ClN3. The number of imidazole rings is 1. The number of halogens is 1. The van der Waals surface area contributed by atoms with Crippen LogP contribution in [0.15, 0.2) is 30.7 Å².